The monoisotopic (exact) mass is 920 g/mol. The van der Waals surface area contributed by atoms with Gasteiger partial charge in [-0.05, 0) is 68.1 Å². The van der Waals surface area contributed by atoms with E-state index in [1.54, 1.807) is 44.2 Å². The Kier molecular flexibility index (Phi) is 23.8. The van der Waals surface area contributed by atoms with Crippen molar-refractivity contribution in [2.45, 2.75) is 127 Å². The summed E-state index contributed by atoms with van der Waals surface area (Å²) < 4.78 is 0. The van der Waals surface area contributed by atoms with Crippen molar-refractivity contribution in [3.8, 4) is 0 Å². The summed E-state index contributed by atoms with van der Waals surface area (Å²) in [6.45, 7) is 6.58. The van der Waals surface area contributed by atoms with Gasteiger partial charge in [-0.15, -0.1) is 0 Å². The molecule has 0 bridgehead atoms. The van der Waals surface area contributed by atoms with Crippen molar-refractivity contribution in [2.24, 2.45) is 29.0 Å². The van der Waals surface area contributed by atoms with E-state index in [0.29, 0.717) is 37.1 Å². The van der Waals surface area contributed by atoms with Crippen LogP contribution < -0.4 is 49.1 Å². The Bertz CT molecular complexity index is 1750. The lowest BCUT2D eigenvalue weighted by molar-refractivity contribution is -0.141. The van der Waals surface area contributed by atoms with E-state index in [-0.39, 0.29) is 38.1 Å². The summed E-state index contributed by atoms with van der Waals surface area (Å²) in [4.78, 5) is 120. The van der Waals surface area contributed by atoms with Gasteiger partial charge in [-0.25, -0.2) is 0 Å². The SMILES string of the molecule is CSCC[C@H](NC(=O)[C@H](CC(C)C)N1CC[C@H](NC(=O)[C@@H](NC(=O)[C@H](Cc2ccccc2)NC(=O)[C@H](CO)NC(=O)[C@H](CC(=O)O)NC(=O)[C@@H](N)CCCCN)C(C)C)C1=O)C(N)=O. The van der Waals surface area contributed by atoms with Gasteiger partial charge in [0, 0.05) is 13.0 Å². The van der Waals surface area contributed by atoms with Gasteiger partial charge in [0.1, 0.15) is 42.3 Å². The van der Waals surface area contributed by atoms with E-state index >= 15 is 0 Å². The standard InChI is InChI=1S/C42H68N10O11S/c1-23(2)19-32(40(61)46-27(35(45)56)15-18-64-5)52-17-14-28(42(52)63)47-41(62)34(24(3)4)51-38(59)29(20-25-11-7-6-8-12-25)49-39(60)31(22-53)50-37(58)30(21-33(54)55)48-36(57)26(44)13-9-10-16-43/h6-8,11-12,23-24,26-32,34,53H,9-10,13-22,43-44H2,1-5H3,(H2,45,56)(H,46,61)(H,47,62)(H,48,57)(H,49,60)(H,50,58)(H,51,59)(H,54,55)/t26-,27-,28-,29-,30-,31-,32-,34-/m0/s1. The highest BCUT2D eigenvalue weighted by atomic mass is 32.2. The summed E-state index contributed by atoms with van der Waals surface area (Å²) >= 11 is 1.48. The van der Waals surface area contributed by atoms with Gasteiger partial charge in [-0.3, -0.25) is 43.2 Å². The third-order valence-electron chi connectivity index (χ3n) is 10.5. The molecule has 64 heavy (non-hydrogen) atoms. The molecule has 0 unspecified atom stereocenters. The summed E-state index contributed by atoms with van der Waals surface area (Å²) in [6.07, 6.45) is 2.91. The topological polar surface area (TPSA) is 348 Å². The van der Waals surface area contributed by atoms with Crippen molar-refractivity contribution in [3.63, 3.8) is 0 Å². The molecule has 1 saturated heterocycles. The highest BCUT2D eigenvalue weighted by Gasteiger charge is 2.42. The highest BCUT2D eigenvalue weighted by molar-refractivity contribution is 7.98. The molecule has 1 aliphatic heterocycles. The Labute approximate surface area is 378 Å². The van der Waals surface area contributed by atoms with Crippen LogP contribution in [0.5, 0.6) is 0 Å². The van der Waals surface area contributed by atoms with Crippen LogP contribution in [-0.4, -0.2) is 148 Å². The van der Waals surface area contributed by atoms with Gasteiger partial charge in [-0.1, -0.05) is 64.4 Å². The molecule has 0 spiro atoms. The fourth-order valence-corrected chi connectivity index (χ4v) is 7.38. The number of carboxylic acid groups (broad SMARTS) is 1. The number of aliphatic hydroxyl groups is 1. The van der Waals surface area contributed by atoms with Crippen LogP contribution >= 0.6 is 11.8 Å². The number of nitrogens with two attached hydrogens (primary N) is 3. The number of carbonyl (C=O) groups is 9. The van der Waals surface area contributed by atoms with Gasteiger partial charge >= 0.3 is 5.97 Å². The Balaban J connectivity index is 2.26. The summed E-state index contributed by atoms with van der Waals surface area (Å²) in [5, 5.41) is 34.7. The van der Waals surface area contributed by atoms with E-state index in [2.05, 4.69) is 31.9 Å². The predicted molar refractivity (Wildman–Crippen MR) is 239 cm³/mol. The Morgan fingerprint density at radius 2 is 1.39 bits per heavy atom. The van der Waals surface area contributed by atoms with Crippen molar-refractivity contribution in [2.75, 3.05) is 31.7 Å². The van der Waals surface area contributed by atoms with Gasteiger partial charge < -0.3 is 64.2 Å². The fourth-order valence-electron chi connectivity index (χ4n) is 6.91. The quantitative estimate of drug-likeness (QED) is 0.0374. The second-order valence-electron chi connectivity index (χ2n) is 16.5. The molecule has 0 aliphatic carbocycles. The van der Waals surface area contributed by atoms with Crippen LogP contribution in [0.4, 0.5) is 0 Å². The van der Waals surface area contributed by atoms with Gasteiger partial charge in [0.05, 0.1) is 19.1 Å². The third kappa shape index (κ3) is 18.0. The van der Waals surface area contributed by atoms with Crippen LogP contribution in [-0.2, 0) is 49.6 Å². The maximum atomic E-state index is 14.0. The number of rotatable bonds is 29. The van der Waals surface area contributed by atoms with E-state index in [4.69, 9.17) is 17.2 Å². The molecule has 1 heterocycles. The smallest absolute Gasteiger partial charge is 0.305 e. The van der Waals surface area contributed by atoms with Gasteiger partial charge in [0.25, 0.3) is 0 Å². The third-order valence-corrected chi connectivity index (χ3v) is 11.1. The second-order valence-corrected chi connectivity index (χ2v) is 17.5. The second kappa shape index (κ2) is 27.8. The number of benzene rings is 1. The number of aliphatic carboxylic acids is 1. The molecule has 0 radical (unpaired) electrons. The fraction of sp³-hybridized carbons (Fsp3) is 0.643. The highest BCUT2D eigenvalue weighted by Crippen LogP contribution is 2.21. The van der Waals surface area contributed by atoms with Gasteiger partial charge in [-0.2, -0.15) is 11.8 Å². The molecule has 0 saturated carbocycles. The number of primary amides is 1. The molecule has 21 nitrogen and oxygen atoms in total. The molecular formula is C42H68N10O11S. The lowest BCUT2D eigenvalue weighted by Gasteiger charge is -2.30. The lowest BCUT2D eigenvalue weighted by atomic mass is 10.00. The minimum atomic E-state index is -1.72. The first kappa shape index (κ1) is 54.8. The summed E-state index contributed by atoms with van der Waals surface area (Å²) in [7, 11) is 0. The van der Waals surface area contributed by atoms with E-state index in [1.807, 2.05) is 20.1 Å². The summed E-state index contributed by atoms with van der Waals surface area (Å²) in [5.74, 6) is -7.71. The number of unbranched alkanes of at least 4 members (excludes halogenated alkanes) is 1. The normalized spacial score (nSPS) is 17.0. The molecule has 1 aromatic carbocycles. The van der Waals surface area contributed by atoms with Gasteiger partial charge in [0.2, 0.25) is 47.3 Å². The molecule has 358 valence electrons. The number of aliphatic hydroxyl groups excluding tert-OH is 1. The lowest BCUT2D eigenvalue weighted by Crippen LogP contribution is -2.61. The molecule has 14 N–H and O–H groups in total. The largest absolute Gasteiger partial charge is 0.481 e. The molecule has 8 atom stereocenters. The summed E-state index contributed by atoms with van der Waals surface area (Å²) in [6, 6.07) is -1.51. The molecule has 2 rings (SSSR count). The average Bonchev–Trinajstić information content (AvgIpc) is 3.59. The number of hydrogen-bond donors (Lipinski definition) is 11. The number of carboxylic acids is 1. The number of nitrogens with one attached hydrogen (secondary N) is 6. The Morgan fingerprint density at radius 3 is 1.95 bits per heavy atom. The first-order valence-electron chi connectivity index (χ1n) is 21.5. The molecular weight excluding hydrogens is 853 g/mol. The van der Waals surface area contributed by atoms with Crippen LogP contribution in [0, 0.1) is 11.8 Å². The van der Waals surface area contributed by atoms with Gasteiger partial charge in [0.15, 0.2) is 0 Å². The zero-order chi connectivity index (χ0) is 48.1. The van der Waals surface area contributed by atoms with Crippen molar-refractivity contribution in [3.05, 3.63) is 35.9 Å². The van der Waals surface area contributed by atoms with Crippen molar-refractivity contribution >= 4 is 65.0 Å². The van der Waals surface area contributed by atoms with E-state index in [9.17, 15) is 53.4 Å². The number of thioether (sulfide) groups is 1. The van der Waals surface area contributed by atoms with Crippen LogP contribution in [0.1, 0.15) is 78.2 Å². The Hall–Kier alpha value is -5.32. The van der Waals surface area contributed by atoms with E-state index < -0.39 is 121 Å². The minimum absolute atomic E-state index is 0.0214. The average molecular weight is 921 g/mol. The molecule has 8 amide bonds. The molecule has 0 aromatic heterocycles. The number of amides is 8. The molecule has 22 heteroatoms. The maximum absolute atomic E-state index is 14.0. The van der Waals surface area contributed by atoms with Crippen LogP contribution in [0.15, 0.2) is 30.3 Å². The first-order chi connectivity index (χ1) is 30.2. The number of carbonyl (C=O) groups excluding carboxylic acids is 8. The number of nitrogens with zero attached hydrogens (tertiary/aromatic N) is 1. The van der Waals surface area contributed by atoms with Crippen molar-refractivity contribution in [1.82, 2.24) is 36.8 Å². The minimum Gasteiger partial charge on any atom is -0.481 e. The Morgan fingerprint density at radius 1 is 0.797 bits per heavy atom. The molecule has 1 fully saturated rings. The van der Waals surface area contributed by atoms with E-state index in [1.165, 1.54) is 16.7 Å². The van der Waals surface area contributed by atoms with Crippen LogP contribution in [0.25, 0.3) is 0 Å². The van der Waals surface area contributed by atoms with Crippen molar-refractivity contribution in [1.29, 1.82) is 0 Å². The number of hydrogen-bond acceptors (Lipinski definition) is 13. The van der Waals surface area contributed by atoms with Crippen LogP contribution in [0.2, 0.25) is 0 Å². The zero-order valence-electron chi connectivity index (χ0n) is 37.3. The maximum Gasteiger partial charge on any atom is 0.305 e. The zero-order valence-corrected chi connectivity index (χ0v) is 38.1. The van der Waals surface area contributed by atoms with E-state index in [0.717, 1.165) is 0 Å². The van der Waals surface area contributed by atoms with Crippen molar-refractivity contribution < 1.29 is 53.4 Å². The summed E-state index contributed by atoms with van der Waals surface area (Å²) in [5.41, 5.74) is 17.5. The molecule has 1 aliphatic rings. The molecule has 1 aromatic rings. The predicted octanol–water partition coefficient (Wildman–Crippen LogP) is -2.40. The number of likely N-dealkylation sites (tertiary alicyclic amines) is 1. The van der Waals surface area contributed by atoms with Crippen LogP contribution in [0.3, 0.4) is 0 Å². The first-order valence-corrected chi connectivity index (χ1v) is 22.9.